The minimum Gasteiger partial charge on any atom is -0.310 e. The Labute approximate surface area is 323 Å². The molecule has 0 N–H and O–H groups in total. The molecule has 0 radical (unpaired) electrons. The molecular weight excluding hydrogens is 651 g/mol. The lowest BCUT2D eigenvalue weighted by molar-refractivity contribution is 0.145. The van der Waals surface area contributed by atoms with Crippen molar-refractivity contribution in [1.29, 1.82) is 0 Å². The molecule has 5 aliphatic rings. The Bertz CT molecular complexity index is 2250. The molecule has 270 valence electrons. The highest BCUT2D eigenvalue weighted by atomic mass is 15.1. The largest absolute Gasteiger partial charge is 0.310 e. The van der Waals surface area contributed by atoms with Crippen LogP contribution in [0.25, 0.3) is 33.4 Å². The van der Waals surface area contributed by atoms with Gasteiger partial charge in [0.2, 0.25) is 0 Å². The summed E-state index contributed by atoms with van der Waals surface area (Å²) in [6, 6.07) is 53.5. The van der Waals surface area contributed by atoms with Gasteiger partial charge in [0, 0.05) is 22.5 Å². The Hall–Kier alpha value is -4.88. The van der Waals surface area contributed by atoms with Crippen LogP contribution in [0.3, 0.4) is 0 Å². The summed E-state index contributed by atoms with van der Waals surface area (Å²) in [6.07, 6.45) is 13.9. The SMILES string of the molecule is CC1(C)c2ccc(-c3ccc(-c4ccccc4)cc3)cc2-c2ccc(N(c3ccc(C4CCCCC4)cc3)c3ccc(C4CC5CCC4CC5)cc3)cc21. The van der Waals surface area contributed by atoms with E-state index in [1.54, 1.807) is 5.56 Å². The number of hydrogen-bond acceptors (Lipinski definition) is 1. The molecule has 1 atom stereocenters. The van der Waals surface area contributed by atoms with Crippen molar-refractivity contribution in [3.63, 3.8) is 0 Å². The maximum atomic E-state index is 2.51. The third-order valence-electron chi connectivity index (χ3n) is 14.1. The van der Waals surface area contributed by atoms with Gasteiger partial charge in [-0.15, -0.1) is 0 Å². The van der Waals surface area contributed by atoms with Gasteiger partial charge in [-0.1, -0.05) is 143 Å². The third-order valence-corrected chi connectivity index (χ3v) is 14.1. The topological polar surface area (TPSA) is 3.24 Å². The molecule has 1 unspecified atom stereocenters. The van der Waals surface area contributed by atoms with Crippen LogP contribution in [-0.2, 0) is 5.41 Å². The molecule has 0 spiro atoms. The maximum Gasteiger partial charge on any atom is 0.0465 e. The van der Waals surface area contributed by atoms with E-state index in [9.17, 15) is 0 Å². The first-order chi connectivity index (χ1) is 26.5. The fraction of sp³-hybridized carbons (Fsp3) is 0.321. The Morgan fingerprint density at radius 2 is 1.06 bits per heavy atom. The predicted octanol–water partition coefficient (Wildman–Crippen LogP) is 15.1. The van der Waals surface area contributed by atoms with Crippen molar-refractivity contribution in [2.75, 3.05) is 4.90 Å². The number of anilines is 3. The van der Waals surface area contributed by atoms with Crippen LogP contribution >= 0.6 is 0 Å². The molecule has 0 amide bonds. The van der Waals surface area contributed by atoms with Gasteiger partial charge in [0.05, 0.1) is 0 Å². The molecule has 6 aromatic carbocycles. The summed E-state index contributed by atoms with van der Waals surface area (Å²) in [4.78, 5) is 2.51. The van der Waals surface area contributed by atoms with Gasteiger partial charge in [-0.2, -0.15) is 0 Å². The molecule has 4 saturated carbocycles. The highest BCUT2D eigenvalue weighted by Crippen LogP contribution is 2.53. The van der Waals surface area contributed by atoms with Gasteiger partial charge < -0.3 is 4.90 Å². The van der Waals surface area contributed by atoms with Crippen LogP contribution in [0.4, 0.5) is 17.1 Å². The van der Waals surface area contributed by atoms with E-state index >= 15 is 0 Å². The lowest BCUT2D eigenvalue weighted by atomic mass is 9.63. The summed E-state index contributed by atoms with van der Waals surface area (Å²) in [7, 11) is 0. The monoisotopic (exact) mass is 703 g/mol. The fourth-order valence-electron chi connectivity index (χ4n) is 11.0. The summed E-state index contributed by atoms with van der Waals surface area (Å²) in [5.74, 6) is 3.26. The summed E-state index contributed by atoms with van der Waals surface area (Å²) < 4.78 is 0. The predicted molar refractivity (Wildman–Crippen MR) is 228 cm³/mol. The highest BCUT2D eigenvalue weighted by Gasteiger charge is 2.38. The summed E-state index contributed by atoms with van der Waals surface area (Å²) in [5.41, 5.74) is 17.3. The van der Waals surface area contributed by atoms with Crippen molar-refractivity contribution in [3.8, 4) is 33.4 Å². The van der Waals surface area contributed by atoms with Gasteiger partial charge >= 0.3 is 0 Å². The van der Waals surface area contributed by atoms with Crippen molar-refractivity contribution < 1.29 is 0 Å². The first-order valence-corrected chi connectivity index (χ1v) is 20.9. The molecule has 1 nitrogen and oxygen atoms in total. The second kappa shape index (κ2) is 13.8. The molecule has 0 heterocycles. The Balaban J connectivity index is 1.00. The van der Waals surface area contributed by atoms with E-state index in [0.29, 0.717) is 5.92 Å². The minimum absolute atomic E-state index is 0.100. The molecule has 6 aromatic rings. The number of hydrogen-bond donors (Lipinski definition) is 0. The van der Waals surface area contributed by atoms with Gasteiger partial charge in [0.15, 0.2) is 0 Å². The van der Waals surface area contributed by atoms with Crippen LogP contribution in [-0.4, -0.2) is 0 Å². The molecule has 0 aliphatic heterocycles. The van der Waals surface area contributed by atoms with Gasteiger partial charge in [-0.25, -0.2) is 0 Å². The lowest BCUT2D eigenvalue weighted by Crippen LogP contribution is -2.29. The standard InChI is InChI=1S/C53H53N/c1-53(2)51-32-25-44(41-19-17-39(18-20-41)37-9-5-3-6-10-37)34-50(51)48-31-30-47(35-52(48)53)54(45-26-21-40(22-27-45)38-11-7-4-8-12-38)46-28-23-43(24-29-46)49-33-36-13-15-42(49)16-14-36/h3,5-6,9-10,17-32,34-36,38,42,49H,4,7-8,11-16,33H2,1-2H3. The smallest absolute Gasteiger partial charge is 0.0465 e. The van der Waals surface area contributed by atoms with E-state index in [1.165, 1.54) is 131 Å². The average molecular weight is 704 g/mol. The molecule has 54 heavy (non-hydrogen) atoms. The second-order valence-electron chi connectivity index (χ2n) is 17.5. The zero-order chi connectivity index (χ0) is 36.2. The normalized spacial score (nSPS) is 21.4. The Morgan fingerprint density at radius 3 is 1.70 bits per heavy atom. The van der Waals surface area contributed by atoms with E-state index < -0.39 is 0 Å². The summed E-state index contributed by atoms with van der Waals surface area (Å²) in [6.45, 7) is 4.82. The van der Waals surface area contributed by atoms with Crippen LogP contribution in [0.15, 0.2) is 140 Å². The zero-order valence-corrected chi connectivity index (χ0v) is 32.1. The third kappa shape index (κ3) is 6.01. The van der Waals surface area contributed by atoms with Crippen molar-refractivity contribution in [2.45, 2.75) is 95.3 Å². The highest BCUT2D eigenvalue weighted by molar-refractivity contribution is 5.88. The first kappa shape index (κ1) is 33.7. The van der Waals surface area contributed by atoms with Crippen LogP contribution in [0.2, 0.25) is 0 Å². The molecule has 2 bridgehead atoms. The lowest BCUT2D eigenvalue weighted by Gasteiger charge is -2.42. The summed E-state index contributed by atoms with van der Waals surface area (Å²) >= 11 is 0. The minimum atomic E-state index is -0.100. The molecule has 0 aromatic heterocycles. The fourth-order valence-corrected chi connectivity index (χ4v) is 11.0. The zero-order valence-electron chi connectivity index (χ0n) is 32.1. The number of fused-ring (bicyclic) bond motifs is 6. The van der Waals surface area contributed by atoms with E-state index in [2.05, 4.69) is 158 Å². The maximum absolute atomic E-state index is 2.51. The van der Waals surface area contributed by atoms with Crippen molar-refractivity contribution in [1.82, 2.24) is 0 Å². The Kier molecular flexibility index (Phi) is 8.58. The van der Waals surface area contributed by atoms with Crippen LogP contribution in [0, 0.1) is 11.8 Å². The number of nitrogens with zero attached hydrogens (tertiary/aromatic N) is 1. The van der Waals surface area contributed by atoms with E-state index in [0.717, 1.165) is 17.8 Å². The van der Waals surface area contributed by atoms with Crippen LogP contribution in [0.1, 0.15) is 112 Å². The van der Waals surface area contributed by atoms with Crippen LogP contribution in [0.5, 0.6) is 0 Å². The van der Waals surface area contributed by atoms with Crippen LogP contribution < -0.4 is 4.90 Å². The van der Waals surface area contributed by atoms with Gasteiger partial charge in [0.25, 0.3) is 0 Å². The second-order valence-corrected chi connectivity index (χ2v) is 17.5. The average Bonchev–Trinajstić information content (AvgIpc) is 3.47. The molecule has 5 aliphatic carbocycles. The Morgan fingerprint density at radius 1 is 0.463 bits per heavy atom. The van der Waals surface area contributed by atoms with Crippen molar-refractivity contribution in [3.05, 3.63) is 162 Å². The van der Waals surface area contributed by atoms with Gasteiger partial charge in [0.1, 0.15) is 0 Å². The number of benzene rings is 6. The van der Waals surface area contributed by atoms with E-state index in [4.69, 9.17) is 0 Å². The molecule has 11 rings (SSSR count). The molecule has 0 saturated heterocycles. The van der Waals surface area contributed by atoms with Crippen molar-refractivity contribution >= 4 is 17.1 Å². The number of rotatable bonds is 7. The van der Waals surface area contributed by atoms with E-state index in [-0.39, 0.29) is 5.41 Å². The van der Waals surface area contributed by atoms with Gasteiger partial charge in [-0.3, -0.25) is 0 Å². The molecule has 1 heteroatoms. The molecule has 4 fully saturated rings. The van der Waals surface area contributed by atoms with Crippen molar-refractivity contribution in [2.24, 2.45) is 11.8 Å². The molecular formula is C53H53N. The first-order valence-electron chi connectivity index (χ1n) is 20.9. The quantitative estimate of drug-likeness (QED) is 0.160. The van der Waals surface area contributed by atoms with Gasteiger partial charge in [-0.05, 0) is 154 Å². The summed E-state index contributed by atoms with van der Waals surface area (Å²) in [5, 5.41) is 0. The van der Waals surface area contributed by atoms with E-state index in [1.807, 2.05) is 0 Å².